The van der Waals surface area contributed by atoms with E-state index in [0.717, 1.165) is 36.1 Å². The van der Waals surface area contributed by atoms with Gasteiger partial charge in [-0.15, -0.1) is 11.3 Å². The van der Waals surface area contributed by atoms with Crippen molar-refractivity contribution in [3.63, 3.8) is 0 Å². The van der Waals surface area contributed by atoms with E-state index >= 15 is 0 Å². The number of nitrogens with zero attached hydrogens (tertiary/aromatic N) is 2. The van der Waals surface area contributed by atoms with Crippen LogP contribution >= 0.6 is 11.3 Å². The van der Waals surface area contributed by atoms with E-state index in [4.69, 9.17) is 0 Å². The largest absolute Gasteiger partial charge is 0.335 e. The van der Waals surface area contributed by atoms with Crippen LogP contribution in [0.5, 0.6) is 0 Å². The number of hydrogen-bond acceptors (Lipinski definition) is 4. The fraction of sp³-hybridized carbons (Fsp3) is 0.476. The summed E-state index contributed by atoms with van der Waals surface area (Å²) in [5, 5.41) is 0. The molecule has 1 atom stereocenters. The predicted octanol–water partition coefficient (Wildman–Crippen LogP) is 3.65. The van der Waals surface area contributed by atoms with Gasteiger partial charge in [0, 0.05) is 30.6 Å². The zero-order valence-corrected chi connectivity index (χ0v) is 17.7. The van der Waals surface area contributed by atoms with Gasteiger partial charge in [0.15, 0.2) is 0 Å². The highest BCUT2D eigenvalue weighted by molar-refractivity contribution is 7.91. The molecule has 1 unspecified atom stereocenters. The Bertz CT molecular complexity index is 936. The van der Waals surface area contributed by atoms with Gasteiger partial charge in [-0.05, 0) is 50.3 Å². The first-order valence-corrected chi connectivity index (χ1v) is 12.1. The van der Waals surface area contributed by atoms with Crippen molar-refractivity contribution < 1.29 is 13.2 Å². The maximum atomic E-state index is 13.3. The zero-order valence-electron chi connectivity index (χ0n) is 16.1. The second kappa shape index (κ2) is 7.97. The van der Waals surface area contributed by atoms with Gasteiger partial charge in [-0.25, -0.2) is 8.42 Å². The summed E-state index contributed by atoms with van der Waals surface area (Å²) in [5.41, 5.74) is 1.12. The van der Waals surface area contributed by atoms with Crippen LogP contribution in [0.25, 0.3) is 0 Å². The van der Waals surface area contributed by atoms with Crippen molar-refractivity contribution in [3.8, 4) is 0 Å². The maximum Gasteiger partial charge on any atom is 0.252 e. The number of rotatable bonds is 6. The van der Waals surface area contributed by atoms with E-state index in [2.05, 4.69) is 0 Å². The van der Waals surface area contributed by atoms with Crippen molar-refractivity contribution in [2.45, 2.75) is 49.4 Å². The van der Waals surface area contributed by atoms with Crippen LogP contribution < -0.4 is 0 Å². The molecule has 1 aromatic heterocycles. The van der Waals surface area contributed by atoms with Gasteiger partial charge >= 0.3 is 0 Å². The van der Waals surface area contributed by atoms with E-state index in [1.54, 1.807) is 6.07 Å². The second-order valence-electron chi connectivity index (χ2n) is 7.75. The van der Waals surface area contributed by atoms with Crippen LogP contribution in [0.15, 0.2) is 46.7 Å². The summed E-state index contributed by atoms with van der Waals surface area (Å²) < 4.78 is 27.9. The molecular formula is C21H26N2O3S2. The minimum Gasteiger partial charge on any atom is -0.335 e. The fourth-order valence-electron chi connectivity index (χ4n) is 3.83. The van der Waals surface area contributed by atoms with E-state index < -0.39 is 10.0 Å². The lowest BCUT2D eigenvalue weighted by Crippen LogP contribution is -2.47. The van der Waals surface area contributed by atoms with Crippen LogP contribution in [0, 0.1) is 12.8 Å². The van der Waals surface area contributed by atoms with Crippen molar-refractivity contribution in [2.24, 2.45) is 5.92 Å². The Morgan fingerprint density at radius 2 is 1.89 bits per heavy atom. The lowest BCUT2D eigenvalue weighted by molar-refractivity contribution is -0.138. The molecule has 2 aromatic rings. The van der Waals surface area contributed by atoms with Gasteiger partial charge in [-0.2, -0.15) is 4.31 Å². The average molecular weight is 419 g/mol. The first kappa shape index (κ1) is 19.6. The van der Waals surface area contributed by atoms with Gasteiger partial charge in [0.05, 0.1) is 5.92 Å². The molecule has 5 nitrogen and oxygen atoms in total. The third-order valence-corrected chi connectivity index (χ3v) is 8.84. The van der Waals surface area contributed by atoms with Crippen molar-refractivity contribution in [1.29, 1.82) is 0 Å². The topological polar surface area (TPSA) is 57.7 Å². The van der Waals surface area contributed by atoms with Crippen LogP contribution in [-0.2, 0) is 21.4 Å². The number of carbonyl (C=O) groups excluding carboxylic acids is 1. The van der Waals surface area contributed by atoms with E-state index in [1.165, 1.54) is 15.6 Å². The molecule has 0 spiro atoms. The highest BCUT2D eigenvalue weighted by Gasteiger charge is 2.39. The Morgan fingerprint density at radius 1 is 1.14 bits per heavy atom. The summed E-state index contributed by atoms with van der Waals surface area (Å²) in [4.78, 5) is 16.3. The number of thiophene rings is 1. The number of hydrogen-bond donors (Lipinski definition) is 0. The minimum absolute atomic E-state index is 0.105. The van der Waals surface area contributed by atoms with Crippen LogP contribution in [0.1, 0.15) is 36.1 Å². The first-order chi connectivity index (χ1) is 13.4. The zero-order chi connectivity index (χ0) is 19.7. The quantitative estimate of drug-likeness (QED) is 0.720. The summed E-state index contributed by atoms with van der Waals surface area (Å²) in [6, 6.07) is 13.8. The van der Waals surface area contributed by atoms with Gasteiger partial charge in [-0.3, -0.25) is 4.79 Å². The molecule has 0 bridgehead atoms. The second-order valence-corrected chi connectivity index (χ2v) is 11.2. The van der Waals surface area contributed by atoms with Gasteiger partial charge in [0.25, 0.3) is 10.0 Å². The molecule has 0 N–H and O–H groups in total. The number of benzene rings is 1. The van der Waals surface area contributed by atoms with Crippen molar-refractivity contribution >= 4 is 27.3 Å². The summed E-state index contributed by atoms with van der Waals surface area (Å²) in [6.45, 7) is 3.29. The van der Waals surface area contributed by atoms with Crippen LogP contribution in [0.4, 0.5) is 0 Å². The summed E-state index contributed by atoms with van der Waals surface area (Å²) in [7, 11) is -3.52. The Hall–Kier alpha value is -1.70. The van der Waals surface area contributed by atoms with Gasteiger partial charge in [0.1, 0.15) is 4.21 Å². The number of piperidine rings is 1. The first-order valence-electron chi connectivity index (χ1n) is 9.86. The Balaban J connectivity index is 1.49. The molecule has 0 radical (unpaired) electrons. The molecule has 150 valence electrons. The maximum absolute atomic E-state index is 13.3. The Morgan fingerprint density at radius 3 is 2.54 bits per heavy atom. The third kappa shape index (κ3) is 4.16. The molecule has 1 amide bonds. The molecule has 1 aliphatic carbocycles. The minimum atomic E-state index is -3.52. The smallest absolute Gasteiger partial charge is 0.252 e. The van der Waals surface area contributed by atoms with Gasteiger partial charge < -0.3 is 4.90 Å². The average Bonchev–Trinajstić information content (AvgIpc) is 3.46. The van der Waals surface area contributed by atoms with E-state index in [1.807, 2.05) is 48.2 Å². The van der Waals surface area contributed by atoms with Gasteiger partial charge in [-0.1, -0.05) is 30.3 Å². The molecule has 1 aromatic carbocycles. The molecular weight excluding hydrogens is 392 g/mol. The molecule has 28 heavy (non-hydrogen) atoms. The summed E-state index contributed by atoms with van der Waals surface area (Å²) in [5.74, 6) is -0.150. The van der Waals surface area contributed by atoms with Crippen molar-refractivity contribution in [3.05, 3.63) is 52.9 Å². The molecule has 2 fully saturated rings. The monoisotopic (exact) mass is 418 g/mol. The molecule has 2 aliphatic rings. The van der Waals surface area contributed by atoms with Crippen molar-refractivity contribution in [2.75, 3.05) is 13.1 Å². The van der Waals surface area contributed by atoms with E-state index in [9.17, 15) is 13.2 Å². The van der Waals surface area contributed by atoms with Crippen LogP contribution in [0.3, 0.4) is 0 Å². The highest BCUT2D eigenvalue weighted by Crippen LogP contribution is 2.33. The fourth-order valence-corrected chi connectivity index (χ4v) is 6.79. The SMILES string of the molecule is Cc1ccc(S(=O)(=O)N2CCCC(C(=O)N(Cc3ccccc3)C3CC3)C2)s1. The number of amides is 1. The standard InChI is InChI=1S/C21H26N2O3S2/c1-16-9-12-20(27-16)28(25,26)22-13-5-8-18(15-22)21(24)23(19-10-11-19)14-17-6-3-2-4-7-17/h2-4,6-7,9,12,18-19H,5,8,10-11,13-15H2,1H3. The lowest BCUT2D eigenvalue weighted by atomic mass is 9.97. The molecule has 1 aliphatic heterocycles. The van der Waals surface area contributed by atoms with E-state index in [0.29, 0.717) is 23.3 Å². The number of sulfonamides is 1. The summed E-state index contributed by atoms with van der Waals surface area (Å²) in [6.07, 6.45) is 3.57. The lowest BCUT2D eigenvalue weighted by Gasteiger charge is -2.34. The Kier molecular flexibility index (Phi) is 5.58. The van der Waals surface area contributed by atoms with Gasteiger partial charge in [0.2, 0.25) is 5.91 Å². The molecule has 7 heteroatoms. The van der Waals surface area contributed by atoms with Crippen LogP contribution in [-0.4, -0.2) is 42.7 Å². The number of carbonyl (C=O) groups is 1. The van der Waals surface area contributed by atoms with Crippen molar-refractivity contribution in [1.82, 2.24) is 9.21 Å². The molecule has 4 rings (SSSR count). The highest BCUT2D eigenvalue weighted by atomic mass is 32.2. The molecule has 2 heterocycles. The van der Waals surface area contributed by atoms with Crippen LogP contribution in [0.2, 0.25) is 0 Å². The summed E-state index contributed by atoms with van der Waals surface area (Å²) >= 11 is 1.30. The molecule has 1 saturated carbocycles. The normalized spacial score (nSPS) is 20.8. The molecule has 1 saturated heterocycles. The third-order valence-electron chi connectivity index (χ3n) is 5.51. The Labute approximate surface area is 171 Å². The van der Waals surface area contributed by atoms with E-state index in [-0.39, 0.29) is 18.4 Å². The predicted molar refractivity (Wildman–Crippen MR) is 111 cm³/mol. The number of aryl methyl sites for hydroxylation is 1.